The molecule has 0 heterocycles. The molecule has 2 aromatic carbocycles. The fourth-order valence-corrected chi connectivity index (χ4v) is 1.78. The van der Waals surface area contributed by atoms with E-state index >= 15 is 0 Å². The molecule has 0 unspecified atom stereocenters. The minimum Gasteiger partial charge on any atom is -0.0616 e. The summed E-state index contributed by atoms with van der Waals surface area (Å²) in [5, 5.41) is 2.74. The highest BCUT2D eigenvalue weighted by atomic mass is 14.0. The van der Waals surface area contributed by atoms with Crippen LogP contribution in [0.25, 0.3) is 10.8 Å². The Labute approximate surface area is 79.2 Å². The Hall–Kier alpha value is -1.30. The van der Waals surface area contributed by atoms with Crippen LogP contribution in [0.5, 0.6) is 0 Å². The average molecular weight is 170 g/mol. The van der Waals surface area contributed by atoms with Crippen LogP contribution in [0.2, 0.25) is 0 Å². The minimum atomic E-state index is 1.12. The van der Waals surface area contributed by atoms with Crippen molar-refractivity contribution < 1.29 is 0 Å². The second-order valence-electron chi connectivity index (χ2n) is 3.49. The van der Waals surface area contributed by atoms with E-state index in [-0.39, 0.29) is 0 Å². The zero-order valence-corrected chi connectivity index (χ0v) is 8.17. The fourth-order valence-electron chi connectivity index (χ4n) is 1.78. The summed E-state index contributed by atoms with van der Waals surface area (Å²) in [4.78, 5) is 0. The molecule has 0 saturated carbocycles. The summed E-state index contributed by atoms with van der Waals surface area (Å²) < 4.78 is 0. The van der Waals surface area contributed by atoms with Gasteiger partial charge in [-0.1, -0.05) is 43.3 Å². The molecule has 0 radical (unpaired) electrons. The lowest BCUT2D eigenvalue weighted by Crippen LogP contribution is -1.84. The van der Waals surface area contributed by atoms with Crippen molar-refractivity contribution in [3.05, 3.63) is 47.5 Å². The van der Waals surface area contributed by atoms with Crippen molar-refractivity contribution in [1.29, 1.82) is 0 Å². The Balaban J connectivity index is 2.77. The summed E-state index contributed by atoms with van der Waals surface area (Å²) in [7, 11) is 0. The van der Waals surface area contributed by atoms with Gasteiger partial charge in [0.2, 0.25) is 0 Å². The monoisotopic (exact) mass is 170 g/mol. The highest BCUT2D eigenvalue weighted by Gasteiger charge is 1.97. The number of rotatable bonds is 1. The molecule has 0 aliphatic carbocycles. The lowest BCUT2D eigenvalue weighted by atomic mass is 10.0. The van der Waals surface area contributed by atoms with Crippen LogP contribution in [0.15, 0.2) is 36.4 Å². The van der Waals surface area contributed by atoms with Gasteiger partial charge in [0.15, 0.2) is 0 Å². The standard InChI is InChI=1S/C13H14/c1-3-11-8-10(2)13-7-5-4-6-12(13)9-11/h4-9H,3H2,1-2H3. The van der Waals surface area contributed by atoms with Crippen molar-refractivity contribution in [3.8, 4) is 0 Å². The molecule has 2 rings (SSSR count). The van der Waals surface area contributed by atoms with Gasteiger partial charge in [-0.3, -0.25) is 0 Å². The van der Waals surface area contributed by atoms with Crippen LogP contribution in [-0.2, 0) is 6.42 Å². The van der Waals surface area contributed by atoms with E-state index in [4.69, 9.17) is 0 Å². The smallest absolute Gasteiger partial charge is 0.0155 e. The molecule has 0 fully saturated rings. The van der Waals surface area contributed by atoms with E-state index in [0.29, 0.717) is 0 Å². The topological polar surface area (TPSA) is 0 Å². The van der Waals surface area contributed by atoms with Gasteiger partial charge in [0.1, 0.15) is 0 Å². The largest absolute Gasteiger partial charge is 0.0616 e. The third-order valence-electron chi connectivity index (χ3n) is 2.54. The molecule has 0 spiro atoms. The number of fused-ring (bicyclic) bond motifs is 1. The van der Waals surface area contributed by atoms with Crippen molar-refractivity contribution in [2.45, 2.75) is 20.3 Å². The van der Waals surface area contributed by atoms with Gasteiger partial charge in [0.05, 0.1) is 0 Å². The van der Waals surface area contributed by atoms with Gasteiger partial charge in [0, 0.05) is 0 Å². The first-order chi connectivity index (χ1) is 6.31. The van der Waals surface area contributed by atoms with Crippen LogP contribution in [0.4, 0.5) is 0 Å². The minimum absolute atomic E-state index is 1.12. The maximum atomic E-state index is 2.28. The molecular formula is C13H14. The van der Waals surface area contributed by atoms with Gasteiger partial charge in [-0.25, -0.2) is 0 Å². The predicted molar refractivity (Wildman–Crippen MR) is 58.1 cm³/mol. The molecule has 0 heteroatoms. The third kappa shape index (κ3) is 1.44. The van der Waals surface area contributed by atoms with E-state index in [2.05, 4.69) is 50.2 Å². The Kier molecular flexibility index (Phi) is 2.05. The molecule has 0 aliphatic heterocycles. The molecule has 0 saturated heterocycles. The highest BCUT2D eigenvalue weighted by Crippen LogP contribution is 2.20. The molecule has 0 amide bonds. The first-order valence-corrected chi connectivity index (χ1v) is 4.79. The number of benzene rings is 2. The highest BCUT2D eigenvalue weighted by molar-refractivity contribution is 5.86. The molecule has 66 valence electrons. The second kappa shape index (κ2) is 3.21. The molecule has 0 aliphatic rings. The van der Waals surface area contributed by atoms with Crippen molar-refractivity contribution >= 4 is 10.8 Å². The number of hydrogen-bond donors (Lipinski definition) is 0. The predicted octanol–water partition coefficient (Wildman–Crippen LogP) is 3.71. The SMILES string of the molecule is CCc1cc(C)c2ccccc2c1. The van der Waals surface area contributed by atoms with Crippen molar-refractivity contribution in [2.24, 2.45) is 0 Å². The van der Waals surface area contributed by atoms with Crippen LogP contribution in [-0.4, -0.2) is 0 Å². The molecule has 0 N–H and O–H groups in total. The number of hydrogen-bond acceptors (Lipinski definition) is 0. The van der Waals surface area contributed by atoms with E-state index < -0.39 is 0 Å². The third-order valence-corrected chi connectivity index (χ3v) is 2.54. The van der Waals surface area contributed by atoms with E-state index in [1.807, 2.05) is 0 Å². The molecule has 0 bridgehead atoms. The second-order valence-corrected chi connectivity index (χ2v) is 3.49. The summed E-state index contributed by atoms with van der Waals surface area (Å²) in [6, 6.07) is 13.1. The summed E-state index contributed by atoms with van der Waals surface area (Å²) in [5.41, 5.74) is 2.81. The zero-order valence-electron chi connectivity index (χ0n) is 8.17. The Morgan fingerprint density at radius 2 is 1.85 bits per heavy atom. The zero-order chi connectivity index (χ0) is 9.26. The molecule has 0 atom stereocenters. The fraction of sp³-hybridized carbons (Fsp3) is 0.231. The van der Waals surface area contributed by atoms with Crippen LogP contribution in [0.1, 0.15) is 18.1 Å². The average Bonchev–Trinajstić information content (AvgIpc) is 2.18. The first-order valence-electron chi connectivity index (χ1n) is 4.79. The maximum Gasteiger partial charge on any atom is -0.0155 e. The quantitative estimate of drug-likeness (QED) is 0.612. The molecular weight excluding hydrogens is 156 g/mol. The molecule has 0 nitrogen and oxygen atoms in total. The van der Waals surface area contributed by atoms with Crippen LogP contribution >= 0.6 is 0 Å². The van der Waals surface area contributed by atoms with Gasteiger partial charge >= 0.3 is 0 Å². The Bertz CT molecular complexity index is 427. The summed E-state index contributed by atoms with van der Waals surface area (Å²) in [5.74, 6) is 0. The van der Waals surface area contributed by atoms with Crippen molar-refractivity contribution in [1.82, 2.24) is 0 Å². The van der Waals surface area contributed by atoms with Crippen LogP contribution in [0.3, 0.4) is 0 Å². The van der Waals surface area contributed by atoms with Gasteiger partial charge in [-0.15, -0.1) is 0 Å². The lowest BCUT2D eigenvalue weighted by molar-refractivity contribution is 1.14. The lowest BCUT2D eigenvalue weighted by Gasteiger charge is -2.04. The molecule has 0 aromatic heterocycles. The Morgan fingerprint density at radius 3 is 2.62 bits per heavy atom. The summed E-state index contributed by atoms with van der Waals surface area (Å²) >= 11 is 0. The number of aryl methyl sites for hydroxylation is 2. The Morgan fingerprint density at radius 1 is 1.08 bits per heavy atom. The normalized spacial score (nSPS) is 10.6. The maximum absolute atomic E-state index is 2.28. The van der Waals surface area contributed by atoms with Crippen molar-refractivity contribution in [3.63, 3.8) is 0 Å². The van der Waals surface area contributed by atoms with Gasteiger partial charge in [-0.05, 0) is 35.2 Å². The molecule has 13 heavy (non-hydrogen) atoms. The van der Waals surface area contributed by atoms with E-state index in [1.54, 1.807) is 0 Å². The van der Waals surface area contributed by atoms with E-state index in [9.17, 15) is 0 Å². The van der Waals surface area contributed by atoms with Crippen molar-refractivity contribution in [2.75, 3.05) is 0 Å². The van der Waals surface area contributed by atoms with Gasteiger partial charge in [-0.2, -0.15) is 0 Å². The van der Waals surface area contributed by atoms with E-state index in [1.165, 1.54) is 21.9 Å². The van der Waals surface area contributed by atoms with Crippen LogP contribution in [0, 0.1) is 6.92 Å². The van der Waals surface area contributed by atoms with Gasteiger partial charge in [0.25, 0.3) is 0 Å². The van der Waals surface area contributed by atoms with E-state index in [0.717, 1.165) is 6.42 Å². The van der Waals surface area contributed by atoms with Gasteiger partial charge < -0.3 is 0 Å². The molecule has 2 aromatic rings. The van der Waals surface area contributed by atoms with Crippen LogP contribution < -0.4 is 0 Å². The summed E-state index contributed by atoms with van der Waals surface area (Å²) in [6.07, 6.45) is 1.12. The summed E-state index contributed by atoms with van der Waals surface area (Å²) in [6.45, 7) is 4.38. The first kappa shape index (κ1) is 8.31.